The smallest absolute Gasteiger partial charge is 0.411 e. The Kier molecular flexibility index (Phi) is 3.56. The van der Waals surface area contributed by atoms with Crippen LogP contribution in [0.5, 0.6) is 0 Å². The van der Waals surface area contributed by atoms with Gasteiger partial charge in [-0.2, -0.15) is 13.2 Å². The van der Waals surface area contributed by atoms with Crippen LogP contribution in [-0.4, -0.2) is 26.0 Å². The van der Waals surface area contributed by atoms with E-state index in [0.29, 0.717) is 0 Å². The molecule has 0 aromatic rings. The normalized spacial score (nSPS) is 12.0. The van der Waals surface area contributed by atoms with Gasteiger partial charge in [0.1, 0.15) is 6.61 Å². The standard InChI is InChI=1S/C4H6F3O2/c5-4(6,7)3-9-2-1-8/h1-3H2/q-1. The summed E-state index contributed by atoms with van der Waals surface area (Å²) in [5.74, 6) is 0. The van der Waals surface area contributed by atoms with Crippen LogP contribution in [0.15, 0.2) is 0 Å². The van der Waals surface area contributed by atoms with E-state index >= 15 is 0 Å². The van der Waals surface area contributed by atoms with Crippen molar-refractivity contribution in [3.63, 3.8) is 0 Å². The van der Waals surface area contributed by atoms with Crippen molar-refractivity contribution < 1.29 is 23.0 Å². The predicted molar refractivity (Wildman–Crippen MR) is 21.7 cm³/mol. The lowest BCUT2D eigenvalue weighted by atomic mass is 10.7. The Hall–Kier alpha value is -0.290. The average molecular weight is 143 g/mol. The van der Waals surface area contributed by atoms with Gasteiger partial charge < -0.3 is 9.84 Å². The first kappa shape index (κ1) is 8.71. The first-order valence-corrected chi connectivity index (χ1v) is 2.29. The summed E-state index contributed by atoms with van der Waals surface area (Å²) in [6.45, 7) is -2.33. The zero-order valence-corrected chi connectivity index (χ0v) is 4.57. The maximum absolute atomic E-state index is 11.2. The summed E-state index contributed by atoms with van der Waals surface area (Å²) in [4.78, 5) is 0. The van der Waals surface area contributed by atoms with Crippen molar-refractivity contribution in [2.75, 3.05) is 19.8 Å². The maximum Gasteiger partial charge on any atom is 0.411 e. The van der Waals surface area contributed by atoms with Crippen LogP contribution in [0.3, 0.4) is 0 Å². The van der Waals surface area contributed by atoms with Gasteiger partial charge in [-0.25, -0.2) is 0 Å². The van der Waals surface area contributed by atoms with Gasteiger partial charge in [-0.3, -0.25) is 0 Å². The minimum Gasteiger partial charge on any atom is -0.853 e. The minimum atomic E-state index is -4.31. The Morgan fingerprint density at radius 2 is 1.89 bits per heavy atom. The Bertz CT molecular complexity index is 70.7. The molecule has 0 saturated heterocycles. The highest BCUT2D eigenvalue weighted by atomic mass is 19.4. The molecule has 0 saturated carbocycles. The van der Waals surface area contributed by atoms with Gasteiger partial charge in [0.25, 0.3) is 0 Å². The molecule has 9 heavy (non-hydrogen) atoms. The SMILES string of the molecule is [O-]CCOCC(F)(F)F. The lowest BCUT2D eigenvalue weighted by Gasteiger charge is -2.07. The van der Waals surface area contributed by atoms with Crippen molar-refractivity contribution >= 4 is 0 Å². The van der Waals surface area contributed by atoms with E-state index in [-0.39, 0.29) is 6.61 Å². The van der Waals surface area contributed by atoms with Gasteiger partial charge in [-0.15, -0.1) is 6.61 Å². The Labute approximate surface area is 50.2 Å². The first-order chi connectivity index (χ1) is 4.06. The molecule has 0 aromatic carbocycles. The molecule has 5 heteroatoms. The van der Waals surface area contributed by atoms with Crippen LogP contribution < -0.4 is 5.11 Å². The van der Waals surface area contributed by atoms with Crippen LogP contribution in [-0.2, 0) is 4.74 Å². The quantitative estimate of drug-likeness (QED) is 0.518. The van der Waals surface area contributed by atoms with Gasteiger partial charge in [0.2, 0.25) is 0 Å². The number of rotatable bonds is 3. The highest BCUT2D eigenvalue weighted by Gasteiger charge is 2.26. The summed E-state index contributed by atoms with van der Waals surface area (Å²) >= 11 is 0. The molecule has 0 aliphatic carbocycles. The zero-order valence-electron chi connectivity index (χ0n) is 4.57. The third-order valence-corrected chi connectivity index (χ3v) is 0.493. The Morgan fingerprint density at radius 3 is 2.22 bits per heavy atom. The van der Waals surface area contributed by atoms with Crippen molar-refractivity contribution in [2.24, 2.45) is 0 Å². The van der Waals surface area contributed by atoms with Crippen LogP contribution in [0.25, 0.3) is 0 Å². The van der Waals surface area contributed by atoms with Crippen LogP contribution in [0.4, 0.5) is 13.2 Å². The third-order valence-electron chi connectivity index (χ3n) is 0.493. The maximum atomic E-state index is 11.2. The molecule has 56 valence electrons. The lowest BCUT2D eigenvalue weighted by Crippen LogP contribution is -2.21. The number of hydrogen-bond acceptors (Lipinski definition) is 2. The number of hydrogen-bond donors (Lipinski definition) is 0. The van der Waals surface area contributed by atoms with Gasteiger partial charge in [0.15, 0.2) is 0 Å². The van der Waals surface area contributed by atoms with Gasteiger partial charge in [-0.1, -0.05) is 0 Å². The van der Waals surface area contributed by atoms with E-state index in [4.69, 9.17) is 0 Å². The van der Waals surface area contributed by atoms with Crippen LogP contribution in [0, 0.1) is 0 Å². The molecular weight excluding hydrogens is 137 g/mol. The molecule has 0 atom stereocenters. The van der Waals surface area contributed by atoms with E-state index < -0.39 is 19.4 Å². The highest BCUT2D eigenvalue weighted by molar-refractivity contribution is 4.44. The summed E-state index contributed by atoms with van der Waals surface area (Å²) in [6.07, 6.45) is -4.31. The lowest BCUT2D eigenvalue weighted by molar-refractivity contribution is -0.376. The summed E-state index contributed by atoms with van der Waals surface area (Å²) < 4.78 is 37.4. The second-order valence-electron chi connectivity index (χ2n) is 1.37. The molecule has 0 heterocycles. The highest BCUT2D eigenvalue weighted by Crippen LogP contribution is 2.13. The molecule has 0 amide bonds. The molecule has 0 radical (unpaired) electrons. The summed E-state index contributed by atoms with van der Waals surface area (Å²) in [6, 6.07) is 0. The average Bonchev–Trinajstić information content (AvgIpc) is 1.63. The van der Waals surface area contributed by atoms with Crippen LogP contribution >= 0.6 is 0 Å². The number of ether oxygens (including phenoxy) is 1. The monoisotopic (exact) mass is 143 g/mol. The fraction of sp³-hybridized carbons (Fsp3) is 1.00. The summed E-state index contributed by atoms with van der Waals surface area (Å²) in [5.41, 5.74) is 0. The molecule has 0 aromatic heterocycles. The van der Waals surface area contributed by atoms with E-state index in [1.54, 1.807) is 0 Å². The molecule has 0 bridgehead atoms. The topological polar surface area (TPSA) is 32.3 Å². The Balaban J connectivity index is 3.07. The van der Waals surface area contributed by atoms with Crippen molar-refractivity contribution in [3.05, 3.63) is 0 Å². The first-order valence-electron chi connectivity index (χ1n) is 2.29. The van der Waals surface area contributed by atoms with E-state index in [1.165, 1.54) is 0 Å². The third kappa shape index (κ3) is 7.71. The van der Waals surface area contributed by atoms with E-state index in [2.05, 4.69) is 4.74 Å². The minimum absolute atomic E-state index is 0.375. The van der Waals surface area contributed by atoms with E-state index in [0.717, 1.165) is 0 Å². The van der Waals surface area contributed by atoms with E-state index in [1.807, 2.05) is 0 Å². The molecule has 2 nitrogen and oxygen atoms in total. The summed E-state index contributed by atoms with van der Waals surface area (Å²) in [5, 5.41) is 9.52. The van der Waals surface area contributed by atoms with Gasteiger partial charge in [-0.05, 0) is 0 Å². The van der Waals surface area contributed by atoms with Crippen molar-refractivity contribution in [1.29, 1.82) is 0 Å². The van der Waals surface area contributed by atoms with Crippen molar-refractivity contribution in [2.45, 2.75) is 6.18 Å². The van der Waals surface area contributed by atoms with E-state index in [9.17, 15) is 18.3 Å². The Morgan fingerprint density at radius 1 is 1.33 bits per heavy atom. The summed E-state index contributed by atoms with van der Waals surface area (Å²) in [7, 11) is 0. The number of alkyl halides is 3. The predicted octanol–water partition coefficient (Wildman–Crippen LogP) is -0.0744. The molecular formula is C4H6F3O2-. The molecule has 0 N–H and O–H groups in total. The number of halogens is 3. The van der Waals surface area contributed by atoms with Crippen LogP contribution in [0.1, 0.15) is 0 Å². The molecule has 0 aliphatic rings. The molecule has 0 unspecified atom stereocenters. The molecule has 0 aliphatic heterocycles. The second kappa shape index (κ2) is 3.68. The molecule has 0 fully saturated rings. The van der Waals surface area contributed by atoms with Crippen LogP contribution in [0.2, 0.25) is 0 Å². The molecule has 0 spiro atoms. The van der Waals surface area contributed by atoms with Gasteiger partial charge in [0.05, 0.1) is 0 Å². The second-order valence-corrected chi connectivity index (χ2v) is 1.37. The fourth-order valence-electron chi connectivity index (χ4n) is 0.247. The van der Waals surface area contributed by atoms with Gasteiger partial charge in [0, 0.05) is 6.61 Å². The molecule has 0 rings (SSSR count). The largest absolute Gasteiger partial charge is 0.853 e. The van der Waals surface area contributed by atoms with Gasteiger partial charge >= 0.3 is 6.18 Å². The fourth-order valence-corrected chi connectivity index (χ4v) is 0.247. The van der Waals surface area contributed by atoms with Crippen molar-refractivity contribution in [3.8, 4) is 0 Å². The van der Waals surface area contributed by atoms with Crippen molar-refractivity contribution in [1.82, 2.24) is 0 Å². The zero-order chi connectivity index (χ0) is 7.33.